The van der Waals surface area contributed by atoms with Crippen molar-refractivity contribution in [2.24, 2.45) is 0 Å². The SMILES string of the molecule is COc1cc(CNc2nc(Cl)nc3c2ncn3[C@H]2CCCS2)ccn1. The van der Waals surface area contributed by atoms with E-state index >= 15 is 0 Å². The van der Waals surface area contributed by atoms with E-state index in [4.69, 9.17) is 16.3 Å². The molecule has 1 aliphatic rings. The lowest BCUT2D eigenvalue weighted by Gasteiger charge is -2.12. The van der Waals surface area contributed by atoms with Gasteiger partial charge in [-0.1, -0.05) is 0 Å². The van der Waals surface area contributed by atoms with Gasteiger partial charge in [-0.25, -0.2) is 9.97 Å². The lowest BCUT2D eigenvalue weighted by molar-refractivity contribution is 0.397. The molecule has 0 amide bonds. The number of hydrogen-bond acceptors (Lipinski definition) is 7. The molecule has 3 aromatic heterocycles. The van der Waals surface area contributed by atoms with Crippen LogP contribution in [0.2, 0.25) is 5.28 Å². The first-order chi connectivity index (χ1) is 12.2. The molecule has 1 fully saturated rings. The number of nitrogens with one attached hydrogen (secondary N) is 1. The number of aromatic nitrogens is 5. The maximum Gasteiger partial charge on any atom is 0.226 e. The zero-order chi connectivity index (χ0) is 17.2. The summed E-state index contributed by atoms with van der Waals surface area (Å²) >= 11 is 8.07. The highest BCUT2D eigenvalue weighted by molar-refractivity contribution is 7.99. The molecule has 25 heavy (non-hydrogen) atoms. The Kier molecular flexibility index (Phi) is 4.63. The summed E-state index contributed by atoms with van der Waals surface area (Å²) in [6.07, 6.45) is 5.88. The van der Waals surface area contributed by atoms with Crippen LogP contribution in [0.1, 0.15) is 23.8 Å². The summed E-state index contributed by atoms with van der Waals surface area (Å²) < 4.78 is 7.25. The van der Waals surface area contributed by atoms with Gasteiger partial charge in [0.2, 0.25) is 11.2 Å². The number of thioether (sulfide) groups is 1. The van der Waals surface area contributed by atoms with Crippen molar-refractivity contribution in [1.82, 2.24) is 24.5 Å². The van der Waals surface area contributed by atoms with Gasteiger partial charge in [0.25, 0.3) is 0 Å². The summed E-state index contributed by atoms with van der Waals surface area (Å²) in [6.45, 7) is 0.562. The summed E-state index contributed by atoms with van der Waals surface area (Å²) in [5.74, 6) is 2.37. The van der Waals surface area contributed by atoms with Crippen molar-refractivity contribution >= 4 is 40.3 Å². The third-order valence-corrected chi connectivity index (χ3v) is 5.62. The van der Waals surface area contributed by atoms with E-state index in [0.29, 0.717) is 23.6 Å². The first-order valence-electron chi connectivity index (χ1n) is 7.99. The van der Waals surface area contributed by atoms with Crippen LogP contribution < -0.4 is 10.1 Å². The molecule has 4 heterocycles. The maximum absolute atomic E-state index is 6.15. The Balaban J connectivity index is 1.62. The summed E-state index contributed by atoms with van der Waals surface area (Å²) in [5.41, 5.74) is 2.53. The van der Waals surface area contributed by atoms with Crippen LogP contribution >= 0.6 is 23.4 Å². The van der Waals surface area contributed by atoms with E-state index in [2.05, 4.69) is 29.8 Å². The van der Waals surface area contributed by atoms with Crippen LogP contribution in [0.25, 0.3) is 11.2 Å². The fourth-order valence-corrected chi connectivity index (χ4v) is 4.28. The van der Waals surface area contributed by atoms with Gasteiger partial charge in [0.15, 0.2) is 17.0 Å². The minimum absolute atomic E-state index is 0.215. The van der Waals surface area contributed by atoms with Gasteiger partial charge >= 0.3 is 0 Å². The molecule has 9 heteroatoms. The number of halogens is 1. The molecule has 1 atom stereocenters. The van der Waals surface area contributed by atoms with E-state index < -0.39 is 0 Å². The molecule has 7 nitrogen and oxygen atoms in total. The van der Waals surface area contributed by atoms with Crippen LogP contribution in [0.5, 0.6) is 5.88 Å². The van der Waals surface area contributed by atoms with Crippen LogP contribution in [-0.4, -0.2) is 37.4 Å². The number of ether oxygens (including phenoxy) is 1. The number of methoxy groups -OCH3 is 1. The molecule has 3 aromatic rings. The molecule has 0 aliphatic carbocycles. The van der Waals surface area contributed by atoms with Gasteiger partial charge in [0.1, 0.15) is 0 Å². The predicted octanol–water partition coefficient (Wildman–Crippen LogP) is 3.52. The molecular weight excluding hydrogens is 360 g/mol. The highest BCUT2D eigenvalue weighted by Crippen LogP contribution is 2.37. The molecule has 0 aromatic carbocycles. The second-order valence-electron chi connectivity index (χ2n) is 5.69. The van der Waals surface area contributed by atoms with Gasteiger partial charge in [-0.15, -0.1) is 11.8 Å². The molecule has 0 bridgehead atoms. The van der Waals surface area contributed by atoms with E-state index in [1.807, 2.05) is 30.2 Å². The van der Waals surface area contributed by atoms with E-state index in [9.17, 15) is 0 Å². The first kappa shape index (κ1) is 16.4. The van der Waals surface area contributed by atoms with E-state index in [0.717, 1.165) is 28.9 Å². The average Bonchev–Trinajstić information content (AvgIpc) is 3.29. The van der Waals surface area contributed by atoms with Crippen molar-refractivity contribution < 1.29 is 4.74 Å². The molecular formula is C16H17ClN6OS. The van der Waals surface area contributed by atoms with Gasteiger partial charge < -0.3 is 14.6 Å². The minimum Gasteiger partial charge on any atom is -0.481 e. The lowest BCUT2D eigenvalue weighted by Crippen LogP contribution is -2.05. The van der Waals surface area contributed by atoms with Crippen molar-refractivity contribution in [3.05, 3.63) is 35.5 Å². The molecule has 0 saturated carbocycles. The van der Waals surface area contributed by atoms with Gasteiger partial charge in [-0.05, 0) is 41.8 Å². The Bertz CT molecular complexity index is 895. The Morgan fingerprint density at radius 3 is 3.12 bits per heavy atom. The number of fused-ring (bicyclic) bond motifs is 1. The van der Waals surface area contributed by atoms with Gasteiger partial charge in [-0.2, -0.15) is 9.97 Å². The quantitative estimate of drug-likeness (QED) is 0.682. The standard InChI is InChI=1S/C16H17ClN6OS/c1-24-11-7-10(4-5-18-11)8-19-14-13-15(22-16(17)21-14)23(9-20-13)12-3-2-6-25-12/h4-5,7,9,12H,2-3,6,8H2,1H3,(H,19,21,22)/t12-/m1/s1. The zero-order valence-electron chi connectivity index (χ0n) is 13.6. The fraction of sp³-hybridized carbons (Fsp3) is 0.375. The van der Waals surface area contributed by atoms with Gasteiger partial charge in [0, 0.05) is 18.8 Å². The average molecular weight is 377 g/mol. The Morgan fingerprint density at radius 1 is 1.40 bits per heavy atom. The first-order valence-corrected chi connectivity index (χ1v) is 9.42. The van der Waals surface area contributed by atoms with E-state index in [1.54, 1.807) is 13.3 Å². The van der Waals surface area contributed by atoms with Crippen molar-refractivity contribution in [3.63, 3.8) is 0 Å². The lowest BCUT2D eigenvalue weighted by atomic mass is 10.2. The number of anilines is 1. The molecule has 0 radical (unpaired) electrons. The van der Waals surface area contributed by atoms with Gasteiger partial charge in [0.05, 0.1) is 18.8 Å². The monoisotopic (exact) mass is 376 g/mol. The molecule has 4 rings (SSSR count). The van der Waals surface area contributed by atoms with Crippen LogP contribution in [0.15, 0.2) is 24.7 Å². The summed E-state index contributed by atoms with van der Waals surface area (Å²) in [7, 11) is 1.60. The van der Waals surface area contributed by atoms with Crippen molar-refractivity contribution in [2.75, 3.05) is 18.2 Å². The Hall–Kier alpha value is -2.06. The third-order valence-electron chi connectivity index (χ3n) is 4.08. The van der Waals surface area contributed by atoms with Crippen LogP contribution in [0.4, 0.5) is 5.82 Å². The number of imidazole rings is 1. The van der Waals surface area contributed by atoms with E-state index in [1.165, 1.54) is 6.42 Å². The number of pyridine rings is 1. The molecule has 1 N–H and O–H groups in total. The smallest absolute Gasteiger partial charge is 0.226 e. The second-order valence-corrected chi connectivity index (χ2v) is 7.32. The summed E-state index contributed by atoms with van der Waals surface area (Å²) in [6, 6.07) is 3.80. The Morgan fingerprint density at radius 2 is 2.32 bits per heavy atom. The number of nitrogens with zero attached hydrogens (tertiary/aromatic N) is 5. The highest BCUT2D eigenvalue weighted by atomic mass is 35.5. The van der Waals surface area contributed by atoms with Gasteiger partial charge in [-0.3, -0.25) is 0 Å². The fourth-order valence-electron chi connectivity index (χ4n) is 2.86. The highest BCUT2D eigenvalue weighted by Gasteiger charge is 2.22. The molecule has 1 saturated heterocycles. The molecule has 1 aliphatic heterocycles. The van der Waals surface area contributed by atoms with Crippen molar-refractivity contribution in [2.45, 2.75) is 24.8 Å². The molecule has 130 valence electrons. The number of rotatable bonds is 5. The molecule has 0 spiro atoms. The van der Waals surface area contributed by atoms with E-state index in [-0.39, 0.29) is 5.28 Å². The van der Waals surface area contributed by atoms with Crippen LogP contribution in [-0.2, 0) is 6.54 Å². The third kappa shape index (κ3) is 3.36. The largest absolute Gasteiger partial charge is 0.481 e. The Labute approximate surface area is 154 Å². The molecule has 0 unspecified atom stereocenters. The van der Waals surface area contributed by atoms with Crippen LogP contribution in [0, 0.1) is 0 Å². The maximum atomic E-state index is 6.15. The predicted molar refractivity (Wildman–Crippen MR) is 99.2 cm³/mol. The second kappa shape index (κ2) is 7.05. The van der Waals surface area contributed by atoms with Crippen molar-refractivity contribution in [3.8, 4) is 5.88 Å². The summed E-state index contributed by atoms with van der Waals surface area (Å²) in [4.78, 5) is 17.3. The summed E-state index contributed by atoms with van der Waals surface area (Å²) in [5, 5.41) is 3.88. The zero-order valence-corrected chi connectivity index (χ0v) is 15.2. The van der Waals surface area contributed by atoms with Crippen LogP contribution in [0.3, 0.4) is 0 Å². The normalized spacial score (nSPS) is 17.1. The minimum atomic E-state index is 0.215. The topological polar surface area (TPSA) is 77.8 Å². The number of hydrogen-bond donors (Lipinski definition) is 1. The van der Waals surface area contributed by atoms with Crippen molar-refractivity contribution in [1.29, 1.82) is 0 Å².